The van der Waals surface area contributed by atoms with E-state index in [1.807, 2.05) is 30.3 Å². The fourth-order valence-corrected chi connectivity index (χ4v) is 4.00. The van der Waals surface area contributed by atoms with Crippen LogP contribution in [0.1, 0.15) is 25.3 Å². The van der Waals surface area contributed by atoms with Gasteiger partial charge in [-0.25, -0.2) is 0 Å². The van der Waals surface area contributed by atoms with Crippen LogP contribution in [0.25, 0.3) is 5.69 Å². The minimum absolute atomic E-state index is 0.0247. The summed E-state index contributed by atoms with van der Waals surface area (Å²) in [6.07, 6.45) is 0. The van der Waals surface area contributed by atoms with Crippen LogP contribution in [0.4, 0.5) is 0 Å². The van der Waals surface area contributed by atoms with Crippen LogP contribution in [0, 0.1) is 0 Å². The highest BCUT2D eigenvalue weighted by atomic mass is 32.2. The van der Waals surface area contributed by atoms with E-state index in [0.29, 0.717) is 17.6 Å². The fraction of sp³-hybridized carbons (Fsp3) is 0.300. The van der Waals surface area contributed by atoms with Gasteiger partial charge in [0.05, 0.1) is 11.4 Å². The first-order chi connectivity index (χ1) is 13.6. The quantitative estimate of drug-likeness (QED) is 0.425. The maximum absolute atomic E-state index is 12.1. The van der Waals surface area contributed by atoms with E-state index in [9.17, 15) is 4.79 Å². The molecule has 28 heavy (non-hydrogen) atoms. The van der Waals surface area contributed by atoms with Gasteiger partial charge in [-0.1, -0.05) is 55.9 Å². The molecule has 0 atom stereocenters. The largest absolute Gasteiger partial charge is 0.355 e. The van der Waals surface area contributed by atoms with E-state index in [1.165, 1.54) is 22.2 Å². The molecule has 1 heterocycles. The molecule has 0 aliphatic carbocycles. The summed E-state index contributed by atoms with van der Waals surface area (Å²) in [5.74, 6) is 1.56. The summed E-state index contributed by atoms with van der Waals surface area (Å²) in [4.78, 5) is 13.3. The highest BCUT2D eigenvalue weighted by molar-refractivity contribution is 7.99. The number of tetrazole rings is 1. The molecule has 1 aromatic heterocycles. The first kappa shape index (κ1) is 20.4. The lowest BCUT2D eigenvalue weighted by molar-refractivity contribution is -0.118. The zero-order chi connectivity index (χ0) is 19.8. The molecular formula is C20H23N5OS2. The third-order valence-corrected chi connectivity index (χ3v) is 5.95. The Hall–Kier alpha value is -2.32. The Bertz CT molecular complexity index is 881. The number of aromatic nitrogens is 4. The first-order valence-corrected chi connectivity index (χ1v) is 11.1. The molecule has 1 N–H and O–H groups in total. The van der Waals surface area contributed by atoms with E-state index in [2.05, 4.69) is 59.0 Å². The van der Waals surface area contributed by atoms with Crippen molar-refractivity contribution in [1.29, 1.82) is 0 Å². The van der Waals surface area contributed by atoms with E-state index >= 15 is 0 Å². The van der Waals surface area contributed by atoms with Gasteiger partial charge in [0.1, 0.15) is 0 Å². The molecule has 0 fully saturated rings. The van der Waals surface area contributed by atoms with Crippen molar-refractivity contribution < 1.29 is 4.79 Å². The van der Waals surface area contributed by atoms with Crippen molar-refractivity contribution in [3.8, 4) is 5.69 Å². The summed E-state index contributed by atoms with van der Waals surface area (Å²) >= 11 is 3.05. The second-order valence-electron chi connectivity index (χ2n) is 6.42. The van der Waals surface area contributed by atoms with Crippen molar-refractivity contribution in [1.82, 2.24) is 25.5 Å². The third-order valence-electron chi connectivity index (χ3n) is 4.01. The highest BCUT2D eigenvalue weighted by Gasteiger charge is 2.12. The van der Waals surface area contributed by atoms with Crippen molar-refractivity contribution >= 4 is 29.4 Å². The molecule has 2 aromatic carbocycles. The second-order valence-corrected chi connectivity index (χ2v) is 8.53. The predicted molar refractivity (Wildman–Crippen MR) is 114 cm³/mol. The molecule has 6 nitrogen and oxygen atoms in total. The van der Waals surface area contributed by atoms with Crippen molar-refractivity contribution in [3.05, 3.63) is 60.2 Å². The lowest BCUT2D eigenvalue weighted by atomic mass is 10.0. The molecule has 0 unspecified atom stereocenters. The monoisotopic (exact) mass is 413 g/mol. The summed E-state index contributed by atoms with van der Waals surface area (Å²) in [6.45, 7) is 4.94. The molecule has 146 valence electrons. The number of benzene rings is 2. The summed E-state index contributed by atoms with van der Waals surface area (Å²) in [6, 6.07) is 18.3. The average molecular weight is 414 g/mol. The Morgan fingerprint density at radius 1 is 1.07 bits per heavy atom. The van der Waals surface area contributed by atoms with Crippen LogP contribution in [0.3, 0.4) is 0 Å². The fourth-order valence-electron chi connectivity index (χ4n) is 2.49. The Balaban J connectivity index is 1.46. The number of nitrogens with zero attached hydrogens (tertiary/aromatic N) is 4. The predicted octanol–water partition coefficient (Wildman–Crippen LogP) is 3.79. The molecule has 3 aromatic rings. The molecule has 0 saturated carbocycles. The normalized spacial score (nSPS) is 11.0. The molecule has 3 rings (SSSR count). The van der Waals surface area contributed by atoms with Crippen LogP contribution in [0.15, 0.2) is 64.6 Å². The van der Waals surface area contributed by atoms with Gasteiger partial charge in [0.15, 0.2) is 0 Å². The first-order valence-electron chi connectivity index (χ1n) is 9.09. The SMILES string of the molecule is CC(C)c1ccc(-n2nnnc2SCC(=O)NCCSc2ccccc2)cc1. The minimum atomic E-state index is -0.0247. The Morgan fingerprint density at radius 3 is 2.54 bits per heavy atom. The Morgan fingerprint density at radius 2 is 1.82 bits per heavy atom. The van der Waals surface area contributed by atoms with Gasteiger partial charge >= 0.3 is 0 Å². The lowest BCUT2D eigenvalue weighted by Gasteiger charge is -2.08. The number of nitrogens with one attached hydrogen (secondary N) is 1. The summed E-state index contributed by atoms with van der Waals surface area (Å²) < 4.78 is 1.66. The number of thioether (sulfide) groups is 2. The smallest absolute Gasteiger partial charge is 0.230 e. The van der Waals surface area contributed by atoms with Crippen molar-refractivity contribution in [2.75, 3.05) is 18.1 Å². The van der Waals surface area contributed by atoms with Crippen LogP contribution >= 0.6 is 23.5 Å². The average Bonchev–Trinajstić information content (AvgIpc) is 3.19. The number of carbonyl (C=O) groups is 1. The van der Waals surface area contributed by atoms with E-state index in [-0.39, 0.29) is 11.7 Å². The van der Waals surface area contributed by atoms with E-state index in [1.54, 1.807) is 16.4 Å². The van der Waals surface area contributed by atoms with E-state index in [0.717, 1.165) is 11.4 Å². The summed E-state index contributed by atoms with van der Waals surface area (Å²) in [5.41, 5.74) is 2.15. The van der Waals surface area contributed by atoms with Crippen LogP contribution < -0.4 is 5.32 Å². The minimum Gasteiger partial charge on any atom is -0.355 e. The highest BCUT2D eigenvalue weighted by Crippen LogP contribution is 2.21. The number of carbonyl (C=O) groups excluding carboxylic acids is 1. The van der Waals surface area contributed by atoms with Gasteiger partial charge in [-0.3, -0.25) is 4.79 Å². The molecule has 0 spiro atoms. The Labute approximate surface area is 173 Å². The van der Waals surface area contributed by atoms with Gasteiger partial charge in [0.2, 0.25) is 11.1 Å². The molecule has 8 heteroatoms. The standard InChI is InChI=1S/C20H23N5OS2/c1-15(2)16-8-10-17(11-9-16)25-20(22-23-24-25)28-14-19(26)21-12-13-27-18-6-4-3-5-7-18/h3-11,15H,12-14H2,1-2H3,(H,21,26). The molecule has 1 amide bonds. The molecule has 0 radical (unpaired) electrons. The zero-order valence-corrected chi connectivity index (χ0v) is 17.5. The second kappa shape index (κ2) is 10.3. The van der Waals surface area contributed by atoms with Crippen molar-refractivity contribution in [2.45, 2.75) is 29.8 Å². The maximum atomic E-state index is 12.1. The molecule has 0 saturated heterocycles. The number of amides is 1. The Kier molecular flexibility index (Phi) is 7.50. The number of rotatable bonds is 9. The number of hydrogen-bond donors (Lipinski definition) is 1. The molecular weight excluding hydrogens is 390 g/mol. The molecule has 0 aliphatic rings. The zero-order valence-electron chi connectivity index (χ0n) is 15.9. The summed E-state index contributed by atoms with van der Waals surface area (Å²) in [7, 11) is 0. The van der Waals surface area contributed by atoms with Gasteiger partial charge in [-0.15, -0.1) is 16.9 Å². The van der Waals surface area contributed by atoms with Crippen LogP contribution in [-0.2, 0) is 4.79 Å². The molecule has 0 bridgehead atoms. The van der Waals surface area contributed by atoms with E-state index < -0.39 is 0 Å². The summed E-state index contributed by atoms with van der Waals surface area (Å²) in [5, 5.41) is 15.4. The number of hydrogen-bond acceptors (Lipinski definition) is 6. The van der Waals surface area contributed by atoms with Crippen molar-refractivity contribution in [3.63, 3.8) is 0 Å². The van der Waals surface area contributed by atoms with Gasteiger partial charge in [0.25, 0.3) is 0 Å². The van der Waals surface area contributed by atoms with Gasteiger partial charge in [-0.05, 0) is 46.2 Å². The van der Waals surface area contributed by atoms with Gasteiger partial charge < -0.3 is 5.32 Å². The molecule has 0 aliphatic heterocycles. The topological polar surface area (TPSA) is 72.7 Å². The maximum Gasteiger partial charge on any atom is 0.230 e. The van der Waals surface area contributed by atoms with Crippen LogP contribution in [0.5, 0.6) is 0 Å². The van der Waals surface area contributed by atoms with Crippen LogP contribution in [-0.4, -0.2) is 44.2 Å². The van der Waals surface area contributed by atoms with E-state index in [4.69, 9.17) is 0 Å². The van der Waals surface area contributed by atoms with Crippen LogP contribution in [0.2, 0.25) is 0 Å². The third kappa shape index (κ3) is 5.84. The van der Waals surface area contributed by atoms with Gasteiger partial charge in [0, 0.05) is 17.2 Å². The lowest BCUT2D eigenvalue weighted by Crippen LogP contribution is -2.27. The van der Waals surface area contributed by atoms with Crippen molar-refractivity contribution in [2.24, 2.45) is 0 Å². The van der Waals surface area contributed by atoms with Gasteiger partial charge in [-0.2, -0.15) is 4.68 Å².